The van der Waals surface area contributed by atoms with E-state index in [-0.39, 0.29) is 0 Å². The first kappa shape index (κ1) is 13.4. The van der Waals surface area contributed by atoms with Crippen LogP contribution in [0, 0.1) is 0 Å². The van der Waals surface area contributed by atoms with E-state index in [1.54, 1.807) is 0 Å². The molecule has 1 saturated carbocycles. The van der Waals surface area contributed by atoms with Gasteiger partial charge in [-0.05, 0) is 37.5 Å². The molecule has 20 heavy (non-hydrogen) atoms. The molecule has 0 spiro atoms. The molecule has 1 heterocycles. The van der Waals surface area contributed by atoms with Crippen LogP contribution < -0.4 is 4.74 Å². The Labute approximate surface area is 124 Å². The second kappa shape index (κ2) is 5.80. The van der Waals surface area contributed by atoms with Crippen molar-refractivity contribution in [1.29, 1.82) is 0 Å². The zero-order valence-electron chi connectivity index (χ0n) is 11.5. The van der Waals surface area contributed by atoms with Crippen LogP contribution in [0.3, 0.4) is 0 Å². The molecule has 1 aromatic heterocycles. The third kappa shape index (κ3) is 3.10. The van der Waals surface area contributed by atoms with Crippen molar-refractivity contribution in [2.24, 2.45) is 0 Å². The molecule has 3 rings (SSSR count). The molecule has 1 aromatic carbocycles. The van der Waals surface area contributed by atoms with Crippen LogP contribution in [0.5, 0.6) is 5.75 Å². The summed E-state index contributed by atoms with van der Waals surface area (Å²) in [6.07, 6.45) is 3.39. The molecule has 0 amide bonds. The van der Waals surface area contributed by atoms with Crippen LogP contribution in [0.4, 0.5) is 0 Å². The van der Waals surface area contributed by atoms with Gasteiger partial charge in [0.1, 0.15) is 10.9 Å². The SMILES string of the molecule is CCCOc1cccc(-c2nc(Cl)cc(C3CC3)n2)c1. The molecule has 4 heteroatoms. The van der Waals surface area contributed by atoms with Crippen molar-refractivity contribution >= 4 is 11.6 Å². The zero-order valence-corrected chi connectivity index (χ0v) is 12.2. The van der Waals surface area contributed by atoms with Gasteiger partial charge in [-0.15, -0.1) is 0 Å². The quantitative estimate of drug-likeness (QED) is 0.762. The van der Waals surface area contributed by atoms with E-state index in [9.17, 15) is 0 Å². The largest absolute Gasteiger partial charge is 0.494 e. The number of nitrogens with zero attached hydrogens (tertiary/aromatic N) is 2. The van der Waals surface area contributed by atoms with Gasteiger partial charge >= 0.3 is 0 Å². The van der Waals surface area contributed by atoms with Crippen LogP contribution in [-0.2, 0) is 0 Å². The monoisotopic (exact) mass is 288 g/mol. The topological polar surface area (TPSA) is 35.0 Å². The molecule has 1 fully saturated rings. The molecule has 0 saturated heterocycles. The molecule has 0 atom stereocenters. The number of hydrogen-bond donors (Lipinski definition) is 0. The Morgan fingerprint density at radius 1 is 1.25 bits per heavy atom. The third-order valence-electron chi connectivity index (χ3n) is 3.28. The summed E-state index contributed by atoms with van der Waals surface area (Å²) in [5.41, 5.74) is 2.00. The maximum absolute atomic E-state index is 6.11. The summed E-state index contributed by atoms with van der Waals surface area (Å²) in [5, 5.41) is 0.511. The van der Waals surface area contributed by atoms with Gasteiger partial charge in [-0.2, -0.15) is 0 Å². The van der Waals surface area contributed by atoms with Gasteiger partial charge in [0, 0.05) is 17.2 Å². The Balaban J connectivity index is 1.91. The van der Waals surface area contributed by atoms with E-state index < -0.39 is 0 Å². The minimum Gasteiger partial charge on any atom is -0.494 e. The summed E-state index contributed by atoms with van der Waals surface area (Å²) in [6, 6.07) is 9.74. The van der Waals surface area contributed by atoms with Crippen LogP contribution in [-0.4, -0.2) is 16.6 Å². The number of ether oxygens (including phenoxy) is 1. The first-order valence-electron chi connectivity index (χ1n) is 7.04. The fourth-order valence-corrected chi connectivity index (χ4v) is 2.29. The molecule has 104 valence electrons. The third-order valence-corrected chi connectivity index (χ3v) is 3.47. The number of aromatic nitrogens is 2. The number of rotatable bonds is 5. The van der Waals surface area contributed by atoms with Crippen molar-refractivity contribution in [2.75, 3.05) is 6.61 Å². The zero-order chi connectivity index (χ0) is 13.9. The Kier molecular flexibility index (Phi) is 3.88. The predicted octanol–water partition coefficient (Wildman–Crippen LogP) is 4.46. The number of hydrogen-bond acceptors (Lipinski definition) is 3. The van der Waals surface area contributed by atoms with E-state index in [1.807, 2.05) is 30.3 Å². The molecular formula is C16H17ClN2O. The normalized spacial score (nSPS) is 14.3. The predicted molar refractivity (Wildman–Crippen MR) is 80.2 cm³/mol. The molecule has 3 nitrogen and oxygen atoms in total. The van der Waals surface area contributed by atoms with Crippen molar-refractivity contribution in [2.45, 2.75) is 32.1 Å². The summed E-state index contributed by atoms with van der Waals surface area (Å²) in [4.78, 5) is 8.97. The van der Waals surface area contributed by atoms with Crippen molar-refractivity contribution in [1.82, 2.24) is 9.97 Å². The van der Waals surface area contributed by atoms with E-state index in [1.165, 1.54) is 12.8 Å². The van der Waals surface area contributed by atoms with Gasteiger partial charge < -0.3 is 4.74 Å². The van der Waals surface area contributed by atoms with E-state index in [0.717, 1.165) is 23.4 Å². The smallest absolute Gasteiger partial charge is 0.161 e. The number of benzene rings is 1. The molecule has 1 aliphatic carbocycles. The van der Waals surface area contributed by atoms with E-state index in [4.69, 9.17) is 16.3 Å². The standard InChI is InChI=1S/C16H17ClN2O/c1-2-8-20-13-5-3-4-12(9-13)16-18-14(11-6-7-11)10-15(17)19-16/h3-5,9-11H,2,6-8H2,1H3. The summed E-state index contributed by atoms with van der Waals surface area (Å²) < 4.78 is 5.65. The van der Waals surface area contributed by atoms with Crippen molar-refractivity contribution in [3.05, 3.63) is 41.2 Å². The van der Waals surface area contributed by atoms with Crippen molar-refractivity contribution < 1.29 is 4.74 Å². The average Bonchev–Trinajstić information content (AvgIpc) is 3.29. The lowest BCUT2D eigenvalue weighted by atomic mass is 10.2. The van der Waals surface area contributed by atoms with Gasteiger partial charge in [0.05, 0.1) is 6.61 Å². The van der Waals surface area contributed by atoms with Gasteiger partial charge in [-0.3, -0.25) is 0 Å². The van der Waals surface area contributed by atoms with Crippen LogP contribution >= 0.6 is 11.6 Å². The molecule has 1 aliphatic rings. The Hall–Kier alpha value is -1.61. The van der Waals surface area contributed by atoms with Gasteiger partial charge in [-0.1, -0.05) is 30.7 Å². The fourth-order valence-electron chi connectivity index (χ4n) is 2.10. The van der Waals surface area contributed by atoms with Gasteiger partial charge in [0.25, 0.3) is 0 Å². The highest BCUT2D eigenvalue weighted by atomic mass is 35.5. The minimum absolute atomic E-state index is 0.511. The summed E-state index contributed by atoms with van der Waals surface area (Å²) in [5.74, 6) is 2.09. The van der Waals surface area contributed by atoms with E-state index >= 15 is 0 Å². The minimum atomic E-state index is 0.511. The summed E-state index contributed by atoms with van der Waals surface area (Å²) in [6.45, 7) is 2.80. The van der Waals surface area contributed by atoms with Crippen molar-refractivity contribution in [3.63, 3.8) is 0 Å². The van der Waals surface area contributed by atoms with Crippen LogP contribution in [0.25, 0.3) is 11.4 Å². The van der Waals surface area contributed by atoms with E-state index in [0.29, 0.717) is 23.5 Å². The molecule has 0 unspecified atom stereocenters. The highest BCUT2D eigenvalue weighted by Crippen LogP contribution is 2.40. The van der Waals surface area contributed by atoms with Gasteiger partial charge in [0.15, 0.2) is 5.82 Å². The van der Waals surface area contributed by atoms with Gasteiger partial charge in [-0.25, -0.2) is 9.97 Å². The average molecular weight is 289 g/mol. The molecular weight excluding hydrogens is 272 g/mol. The maximum atomic E-state index is 6.11. The first-order chi connectivity index (χ1) is 9.76. The second-order valence-corrected chi connectivity index (χ2v) is 5.48. The fraction of sp³-hybridized carbons (Fsp3) is 0.375. The van der Waals surface area contributed by atoms with E-state index in [2.05, 4.69) is 16.9 Å². The molecule has 0 radical (unpaired) electrons. The molecule has 0 bridgehead atoms. The Morgan fingerprint density at radius 3 is 2.85 bits per heavy atom. The maximum Gasteiger partial charge on any atom is 0.161 e. The van der Waals surface area contributed by atoms with Crippen LogP contribution in [0.1, 0.15) is 37.8 Å². The van der Waals surface area contributed by atoms with Crippen molar-refractivity contribution in [3.8, 4) is 17.1 Å². The van der Waals surface area contributed by atoms with Gasteiger partial charge in [0.2, 0.25) is 0 Å². The Bertz CT molecular complexity index is 611. The second-order valence-electron chi connectivity index (χ2n) is 5.09. The number of halogens is 1. The first-order valence-corrected chi connectivity index (χ1v) is 7.42. The summed E-state index contributed by atoms with van der Waals surface area (Å²) in [7, 11) is 0. The molecule has 0 aliphatic heterocycles. The highest BCUT2D eigenvalue weighted by molar-refractivity contribution is 6.29. The van der Waals surface area contributed by atoms with Crippen LogP contribution in [0.15, 0.2) is 30.3 Å². The lowest BCUT2D eigenvalue weighted by molar-refractivity contribution is 0.317. The molecule has 0 N–H and O–H groups in total. The lowest BCUT2D eigenvalue weighted by Crippen LogP contribution is -1.97. The molecule has 2 aromatic rings. The van der Waals surface area contributed by atoms with Crippen LogP contribution in [0.2, 0.25) is 5.15 Å². The highest BCUT2D eigenvalue weighted by Gasteiger charge is 2.26. The Morgan fingerprint density at radius 2 is 2.10 bits per heavy atom. The summed E-state index contributed by atoms with van der Waals surface area (Å²) >= 11 is 6.11. The lowest BCUT2D eigenvalue weighted by Gasteiger charge is -2.08.